The molecule has 0 fully saturated rings. The molecule has 2 aromatic heterocycles. The first-order valence-electron chi connectivity index (χ1n) is 8.60. The highest BCUT2D eigenvalue weighted by atomic mass is 16.6. The maximum Gasteiger partial charge on any atom is 0.256 e. The number of hydrogen-bond acceptors (Lipinski definition) is 6. The SMILES string of the molecule is Cc1cc(C)nc(-n2nc(C)cc2NC(=O)c2ccc3c(c2)OCCO3)n1. The highest BCUT2D eigenvalue weighted by Gasteiger charge is 2.18. The second-order valence-electron chi connectivity index (χ2n) is 6.35. The van der Waals surface area contributed by atoms with Crippen molar-refractivity contribution in [2.24, 2.45) is 0 Å². The standard InChI is InChI=1S/C19H19N5O3/c1-11-8-12(2)21-19(20-11)24-17(9-13(3)23-24)22-18(25)14-4-5-15-16(10-14)27-7-6-26-15/h4-5,8-10H,6-7H2,1-3H3,(H,22,25). The fourth-order valence-electron chi connectivity index (χ4n) is 2.92. The number of rotatable bonds is 3. The Bertz CT molecular complexity index is 1010. The van der Waals surface area contributed by atoms with Crippen LogP contribution in [0.2, 0.25) is 0 Å². The topological polar surface area (TPSA) is 91.2 Å². The maximum absolute atomic E-state index is 12.7. The average Bonchev–Trinajstić information content (AvgIpc) is 3.00. The van der Waals surface area contributed by atoms with Gasteiger partial charge in [0.1, 0.15) is 19.0 Å². The molecule has 0 aliphatic carbocycles. The molecule has 1 amide bonds. The number of benzene rings is 1. The molecule has 1 aromatic carbocycles. The largest absolute Gasteiger partial charge is 0.486 e. The number of carbonyl (C=O) groups excluding carboxylic acids is 1. The smallest absolute Gasteiger partial charge is 0.256 e. The maximum atomic E-state index is 12.7. The first-order chi connectivity index (χ1) is 13.0. The Labute approximate surface area is 156 Å². The van der Waals surface area contributed by atoms with Crippen LogP contribution in [0, 0.1) is 20.8 Å². The van der Waals surface area contributed by atoms with Crippen molar-refractivity contribution >= 4 is 11.7 Å². The molecule has 8 heteroatoms. The van der Waals surface area contributed by atoms with Gasteiger partial charge in [0.15, 0.2) is 11.5 Å². The molecular formula is C19H19N5O3. The minimum absolute atomic E-state index is 0.280. The Morgan fingerprint density at radius 2 is 1.67 bits per heavy atom. The molecule has 27 heavy (non-hydrogen) atoms. The lowest BCUT2D eigenvalue weighted by Crippen LogP contribution is -2.18. The number of aryl methyl sites for hydroxylation is 3. The molecule has 0 saturated carbocycles. The third kappa shape index (κ3) is 3.46. The van der Waals surface area contributed by atoms with Gasteiger partial charge >= 0.3 is 0 Å². The van der Waals surface area contributed by atoms with Crippen molar-refractivity contribution in [2.75, 3.05) is 18.5 Å². The third-order valence-electron chi connectivity index (χ3n) is 4.04. The molecule has 1 aliphatic heterocycles. The lowest BCUT2D eigenvalue weighted by atomic mass is 10.2. The molecule has 4 rings (SSSR count). The highest BCUT2D eigenvalue weighted by molar-refractivity contribution is 6.04. The van der Waals surface area contributed by atoms with Crippen molar-refractivity contribution in [1.82, 2.24) is 19.7 Å². The molecule has 1 N–H and O–H groups in total. The molecule has 3 aromatic rings. The van der Waals surface area contributed by atoms with Crippen LogP contribution in [0.4, 0.5) is 5.82 Å². The molecular weight excluding hydrogens is 346 g/mol. The van der Waals surface area contributed by atoms with Crippen LogP contribution in [-0.2, 0) is 0 Å². The molecule has 0 radical (unpaired) electrons. The average molecular weight is 365 g/mol. The fourth-order valence-corrected chi connectivity index (χ4v) is 2.92. The van der Waals surface area contributed by atoms with Gasteiger partial charge in [0.05, 0.1) is 5.69 Å². The zero-order valence-corrected chi connectivity index (χ0v) is 15.3. The van der Waals surface area contributed by atoms with Crippen LogP contribution in [-0.4, -0.2) is 38.9 Å². The number of hydrogen-bond donors (Lipinski definition) is 1. The Balaban J connectivity index is 1.64. The number of fused-ring (bicyclic) bond motifs is 1. The van der Waals surface area contributed by atoms with Crippen LogP contribution in [0.3, 0.4) is 0 Å². The highest BCUT2D eigenvalue weighted by Crippen LogP contribution is 2.31. The minimum Gasteiger partial charge on any atom is -0.486 e. The second kappa shape index (κ2) is 6.71. The number of ether oxygens (including phenoxy) is 2. The van der Waals surface area contributed by atoms with Gasteiger partial charge in [-0.3, -0.25) is 4.79 Å². The number of aromatic nitrogens is 4. The van der Waals surface area contributed by atoms with Crippen molar-refractivity contribution in [3.63, 3.8) is 0 Å². The van der Waals surface area contributed by atoms with E-state index in [0.717, 1.165) is 17.1 Å². The Morgan fingerprint density at radius 3 is 2.41 bits per heavy atom. The van der Waals surface area contributed by atoms with Gasteiger partial charge in [-0.25, -0.2) is 9.97 Å². The van der Waals surface area contributed by atoms with E-state index in [9.17, 15) is 4.79 Å². The van der Waals surface area contributed by atoms with Crippen LogP contribution >= 0.6 is 0 Å². The van der Waals surface area contributed by atoms with E-state index >= 15 is 0 Å². The first-order valence-corrected chi connectivity index (χ1v) is 8.60. The summed E-state index contributed by atoms with van der Waals surface area (Å²) in [5.74, 6) is 1.84. The summed E-state index contributed by atoms with van der Waals surface area (Å²) in [6, 6.07) is 8.76. The van der Waals surface area contributed by atoms with Crippen LogP contribution < -0.4 is 14.8 Å². The van der Waals surface area contributed by atoms with Crippen molar-refractivity contribution in [2.45, 2.75) is 20.8 Å². The quantitative estimate of drug-likeness (QED) is 0.767. The Hall–Kier alpha value is -3.42. The second-order valence-corrected chi connectivity index (χ2v) is 6.35. The van der Waals surface area contributed by atoms with E-state index < -0.39 is 0 Å². The van der Waals surface area contributed by atoms with E-state index in [1.165, 1.54) is 4.68 Å². The fraction of sp³-hybridized carbons (Fsp3) is 0.263. The van der Waals surface area contributed by atoms with Crippen LogP contribution in [0.25, 0.3) is 5.95 Å². The predicted octanol–water partition coefficient (Wildman–Crippen LogP) is 2.61. The molecule has 0 atom stereocenters. The monoisotopic (exact) mass is 365 g/mol. The van der Waals surface area contributed by atoms with E-state index in [1.807, 2.05) is 26.8 Å². The lowest BCUT2D eigenvalue weighted by molar-refractivity contribution is 0.102. The number of carbonyl (C=O) groups is 1. The van der Waals surface area contributed by atoms with E-state index in [4.69, 9.17) is 9.47 Å². The van der Waals surface area contributed by atoms with Gasteiger partial charge in [-0.05, 0) is 45.0 Å². The lowest BCUT2D eigenvalue weighted by Gasteiger charge is -2.18. The molecule has 0 unspecified atom stereocenters. The van der Waals surface area contributed by atoms with Gasteiger partial charge in [-0.1, -0.05) is 0 Å². The van der Waals surface area contributed by atoms with Gasteiger partial charge in [0.25, 0.3) is 11.9 Å². The zero-order chi connectivity index (χ0) is 19.0. The van der Waals surface area contributed by atoms with E-state index in [1.54, 1.807) is 24.3 Å². The molecule has 0 spiro atoms. The Morgan fingerprint density at radius 1 is 0.963 bits per heavy atom. The molecule has 1 aliphatic rings. The van der Waals surface area contributed by atoms with Gasteiger partial charge in [0, 0.05) is 23.0 Å². The van der Waals surface area contributed by atoms with Crippen molar-refractivity contribution in [3.8, 4) is 17.4 Å². The summed E-state index contributed by atoms with van der Waals surface area (Å²) in [6.45, 7) is 6.60. The zero-order valence-electron chi connectivity index (χ0n) is 15.3. The summed E-state index contributed by atoms with van der Waals surface area (Å²) in [5, 5.41) is 7.29. The van der Waals surface area contributed by atoms with Crippen molar-refractivity contribution < 1.29 is 14.3 Å². The predicted molar refractivity (Wildman–Crippen MR) is 98.8 cm³/mol. The Kier molecular flexibility index (Phi) is 4.23. The van der Waals surface area contributed by atoms with Gasteiger partial charge in [0.2, 0.25) is 0 Å². The number of anilines is 1. The van der Waals surface area contributed by atoms with Gasteiger partial charge in [-0.15, -0.1) is 0 Å². The first kappa shape index (κ1) is 17.0. The van der Waals surface area contributed by atoms with Crippen LogP contribution in [0.1, 0.15) is 27.4 Å². The van der Waals surface area contributed by atoms with Crippen LogP contribution in [0.5, 0.6) is 11.5 Å². The van der Waals surface area contributed by atoms with Crippen molar-refractivity contribution in [3.05, 3.63) is 53.0 Å². The number of nitrogens with zero attached hydrogens (tertiary/aromatic N) is 4. The minimum atomic E-state index is -0.280. The summed E-state index contributed by atoms with van der Waals surface area (Å²) in [5.41, 5.74) is 2.87. The summed E-state index contributed by atoms with van der Waals surface area (Å²) >= 11 is 0. The van der Waals surface area contributed by atoms with Crippen molar-refractivity contribution in [1.29, 1.82) is 0 Å². The number of nitrogens with one attached hydrogen (secondary N) is 1. The van der Waals surface area contributed by atoms with E-state index in [-0.39, 0.29) is 5.91 Å². The molecule has 138 valence electrons. The molecule has 8 nitrogen and oxygen atoms in total. The summed E-state index contributed by atoms with van der Waals surface area (Å²) in [7, 11) is 0. The van der Waals surface area contributed by atoms with Crippen LogP contribution in [0.15, 0.2) is 30.3 Å². The molecule has 0 saturated heterocycles. The van der Waals surface area contributed by atoms with E-state index in [2.05, 4.69) is 20.4 Å². The summed E-state index contributed by atoms with van der Waals surface area (Å²) in [4.78, 5) is 21.6. The number of amides is 1. The van der Waals surface area contributed by atoms with E-state index in [0.29, 0.717) is 42.0 Å². The van der Waals surface area contributed by atoms with Gasteiger partial charge in [-0.2, -0.15) is 9.78 Å². The summed E-state index contributed by atoms with van der Waals surface area (Å²) in [6.07, 6.45) is 0. The summed E-state index contributed by atoms with van der Waals surface area (Å²) < 4.78 is 12.6. The third-order valence-corrected chi connectivity index (χ3v) is 4.04. The normalized spacial score (nSPS) is 12.7. The molecule has 0 bridgehead atoms. The van der Waals surface area contributed by atoms with Gasteiger partial charge < -0.3 is 14.8 Å². The molecule has 3 heterocycles.